The van der Waals surface area contributed by atoms with Gasteiger partial charge in [-0.05, 0) is 13.8 Å². The highest BCUT2D eigenvalue weighted by atomic mass is 16.2. The lowest BCUT2D eigenvalue weighted by atomic mass is 10.3. The molecule has 6 heteroatoms. The Morgan fingerprint density at radius 2 is 2.06 bits per heavy atom. The van der Waals surface area contributed by atoms with Crippen LogP contribution >= 0.6 is 0 Å². The van der Waals surface area contributed by atoms with Crippen molar-refractivity contribution in [1.82, 2.24) is 14.9 Å². The minimum atomic E-state index is 0.0293. The molecular weight excluding hydrogens is 218 g/mol. The fourth-order valence-electron chi connectivity index (χ4n) is 1.40. The number of carbonyl (C=O) groups excluding carboxylic acids is 1. The first-order valence-electron chi connectivity index (χ1n) is 5.50. The van der Waals surface area contributed by atoms with E-state index in [1.165, 1.54) is 0 Å². The van der Waals surface area contributed by atoms with Crippen LogP contribution in [0.15, 0.2) is 6.07 Å². The summed E-state index contributed by atoms with van der Waals surface area (Å²) < 4.78 is 0. The SMILES string of the molecule is CCN(CC(=O)N(C)C)c1cc(C)nc(N)n1. The first-order chi connectivity index (χ1) is 7.93. The summed E-state index contributed by atoms with van der Waals surface area (Å²) in [4.78, 5) is 23.2. The average Bonchev–Trinajstić information content (AvgIpc) is 2.23. The Morgan fingerprint density at radius 3 is 2.53 bits per heavy atom. The van der Waals surface area contributed by atoms with Crippen molar-refractivity contribution < 1.29 is 4.79 Å². The predicted molar refractivity (Wildman–Crippen MR) is 67.8 cm³/mol. The van der Waals surface area contributed by atoms with Crippen molar-refractivity contribution in [2.45, 2.75) is 13.8 Å². The number of nitrogens with zero attached hydrogens (tertiary/aromatic N) is 4. The van der Waals surface area contributed by atoms with Crippen LogP contribution in [0.5, 0.6) is 0 Å². The molecular formula is C11H19N5O. The zero-order valence-electron chi connectivity index (χ0n) is 10.8. The quantitative estimate of drug-likeness (QED) is 0.814. The zero-order valence-corrected chi connectivity index (χ0v) is 10.8. The van der Waals surface area contributed by atoms with E-state index in [2.05, 4.69) is 9.97 Å². The molecule has 0 aromatic carbocycles. The molecule has 1 amide bonds. The van der Waals surface area contributed by atoms with E-state index in [1.54, 1.807) is 19.0 Å². The van der Waals surface area contributed by atoms with Crippen molar-refractivity contribution in [1.29, 1.82) is 0 Å². The fourth-order valence-corrected chi connectivity index (χ4v) is 1.40. The Balaban J connectivity index is 2.89. The smallest absolute Gasteiger partial charge is 0.241 e. The summed E-state index contributed by atoms with van der Waals surface area (Å²) in [5.41, 5.74) is 6.39. The first kappa shape index (κ1) is 13.2. The number of hydrogen-bond donors (Lipinski definition) is 1. The summed E-state index contributed by atoms with van der Waals surface area (Å²) in [6, 6.07) is 1.82. The van der Waals surface area contributed by atoms with Gasteiger partial charge in [0.1, 0.15) is 5.82 Å². The molecule has 0 fully saturated rings. The predicted octanol–water partition coefficient (Wildman–Crippen LogP) is 0.282. The van der Waals surface area contributed by atoms with Crippen LogP contribution in [0.25, 0.3) is 0 Å². The van der Waals surface area contributed by atoms with Crippen molar-refractivity contribution in [3.8, 4) is 0 Å². The van der Waals surface area contributed by atoms with E-state index in [0.29, 0.717) is 18.9 Å². The number of hydrogen-bond acceptors (Lipinski definition) is 5. The van der Waals surface area contributed by atoms with E-state index in [4.69, 9.17) is 5.73 Å². The largest absolute Gasteiger partial charge is 0.368 e. The molecule has 0 aliphatic rings. The maximum atomic E-state index is 11.7. The lowest BCUT2D eigenvalue weighted by molar-refractivity contribution is -0.127. The molecule has 0 saturated heterocycles. The standard InChI is InChI=1S/C11H19N5O/c1-5-16(7-10(17)15(3)4)9-6-8(2)13-11(12)14-9/h6H,5,7H2,1-4H3,(H2,12,13,14). The molecule has 0 radical (unpaired) electrons. The molecule has 2 N–H and O–H groups in total. The van der Waals surface area contributed by atoms with Gasteiger partial charge in [0, 0.05) is 32.4 Å². The highest BCUT2D eigenvalue weighted by Crippen LogP contribution is 2.13. The molecule has 1 heterocycles. The van der Waals surface area contributed by atoms with Gasteiger partial charge >= 0.3 is 0 Å². The molecule has 0 atom stereocenters. The maximum Gasteiger partial charge on any atom is 0.241 e. The zero-order chi connectivity index (χ0) is 13.0. The van der Waals surface area contributed by atoms with E-state index in [9.17, 15) is 4.79 Å². The Kier molecular flexibility index (Phi) is 4.25. The molecule has 1 aromatic heterocycles. The number of nitrogens with two attached hydrogens (primary N) is 1. The molecule has 0 spiro atoms. The van der Waals surface area contributed by atoms with Crippen LogP contribution in [0.4, 0.5) is 11.8 Å². The summed E-state index contributed by atoms with van der Waals surface area (Å²) in [6.45, 7) is 4.80. The van der Waals surface area contributed by atoms with E-state index in [1.807, 2.05) is 24.8 Å². The van der Waals surface area contributed by atoms with Gasteiger partial charge in [0.25, 0.3) is 0 Å². The van der Waals surface area contributed by atoms with Gasteiger partial charge in [-0.2, -0.15) is 4.98 Å². The van der Waals surface area contributed by atoms with Crippen molar-refractivity contribution in [2.75, 3.05) is 37.8 Å². The van der Waals surface area contributed by atoms with Crippen LogP contribution in [0.2, 0.25) is 0 Å². The Labute approximate surface area is 101 Å². The second-order valence-corrected chi connectivity index (χ2v) is 4.03. The number of aromatic nitrogens is 2. The van der Waals surface area contributed by atoms with E-state index in [-0.39, 0.29) is 11.9 Å². The van der Waals surface area contributed by atoms with Crippen LogP contribution in [0, 0.1) is 6.92 Å². The minimum absolute atomic E-state index is 0.0293. The molecule has 1 aromatic rings. The first-order valence-corrected chi connectivity index (χ1v) is 5.50. The topological polar surface area (TPSA) is 75.4 Å². The highest BCUT2D eigenvalue weighted by molar-refractivity contribution is 5.80. The number of nitrogen functional groups attached to an aromatic ring is 1. The molecule has 0 bridgehead atoms. The summed E-state index contributed by atoms with van der Waals surface area (Å²) >= 11 is 0. The molecule has 17 heavy (non-hydrogen) atoms. The van der Waals surface area contributed by atoms with Gasteiger partial charge in [-0.15, -0.1) is 0 Å². The van der Waals surface area contributed by atoms with Gasteiger partial charge in [0.2, 0.25) is 11.9 Å². The number of likely N-dealkylation sites (N-methyl/N-ethyl adjacent to an activating group) is 2. The third-order valence-electron chi connectivity index (χ3n) is 2.39. The van der Waals surface area contributed by atoms with Crippen LogP contribution < -0.4 is 10.6 Å². The van der Waals surface area contributed by atoms with E-state index < -0.39 is 0 Å². The van der Waals surface area contributed by atoms with Gasteiger partial charge in [-0.3, -0.25) is 4.79 Å². The van der Waals surface area contributed by atoms with Crippen LogP contribution in [0.1, 0.15) is 12.6 Å². The lowest BCUT2D eigenvalue weighted by Gasteiger charge is -2.23. The molecule has 0 unspecified atom stereocenters. The summed E-state index contributed by atoms with van der Waals surface area (Å²) in [5.74, 6) is 0.949. The van der Waals surface area contributed by atoms with Crippen molar-refractivity contribution in [3.05, 3.63) is 11.8 Å². The fraction of sp³-hybridized carbons (Fsp3) is 0.545. The van der Waals surface area contributed by atoms with E-state index in [0.717, 1.165) is 5.69 Å². The Hall–Kier alpha value is -1.85. The molecule has 0 saturated carbocycles. The third kappa shape index (κ3) is 3.58. The lowest BCUT2D eigenvalue weighted by Crippen LogP contribution is -2.37. The van der Waals surface area contributed by atoms with Gasteiger partial charge in [0.15, 0.2) is 0 Å². The van der Waals surface area contributed by atoms with Gasteiger partial charge in [-0.25, -0.2) is 4.98 Å². The average molecular weight is 237 g/mol. The molecule has 0 aliphatic carbocycles. The molecule has 1 rings (SSSR count). The number of rotatable bonds is 4. The Morgan fingerprint density at radius 1 is 1.41 bits per heavy atom. The minimum Gasteiger partial charge on any atom is -0.368 e. The number of aryl methyl sites for hydroxylation is 1. The van der Waals surface area contributed by atoms with Gasteiger partial charge in [-0.1, -0.05) is 0 Å². The van der Waals surface area contributed by atoms with Gasteiger partial charge < -0.3 is 15.5 Å². The summed E-state index contributed by atoms with van der Waals surface area (Å²) in [7, 11) is 3.46. The van der Waals surface area contributed by atoms with Crippen LogP contribution in [-0.4, -0.2) is 48.0 Å². The number of amides is 1. The van der Waals surface area contributed by atoms with Crippen LogP contribution in [0.3, 0.4) is 0 Å². The van der Waals surface area contributed by atoms with Crippen molar-refractivity contribution >= 4 is 17.7 Å². The molecule has 0 aliphatic heterocycles. The third-order valence-corrected chi connectivity index (χ3v) is 2.39. The highest BCUT2D eigenvalue weighted by Gasteiger charge is 2.13. The van der Waals surface area contributed by atoms with Crippen molar-refractivity contribution in [3.63, 3.8) is 0 Å². The molecule has 6 nitrogen and oxygen atoms in total. The van der Waals surface area contributed by atoms with Gasteiger partial charge in [0.05, 0.1) is 6.54 Å². The molecule has 94 valence electrons. The second-order valence-electron chi connectivity index (χ2n) is 4.03. The monoisotopic (exact) mass is 237 g/mol. The van der Waals surface area contributed by atoms with Crippen LogP contribution in [-0.2, 0) is 4.79 Å². The number of anilines is 2. The second kappa shape index (κ2) is 5.47. The Bertz CT molecular complexity index is 385. The summed E-state index contributed by atoms with van der Waals surface area (Å²) in [6.07, 6.45) is 0. The van der Waals surface area contributed by atoms with Crippen molar-refractivity contribution in [2.24, 2.45) is 0 Å². The maximum absolute atomic E-state index is 11.7. The number of carbonyl (C=O) groups is 1. The van der Waals surface area contributed by atoms with E-state index >= 15 is 0 Å². The normalized spacial score (nSPS) is 10.1. The summed E-state index contributed by atoms with van der Waals surface area (Å²) in [5, 5.41) is 0.